The molecule has 1 aliphatic heterocycles. The Morgan fingerprint density at radius 3 is 2.54 bits per heavy atom. The van der Waals surface area contributed by atoms with Gasteiger partial charge in [0.1, 0.15) is 18.4 Å². The number of thioether (sulfide) groups is 1. The molecule has 1 aromatic carbocycles. The number of nitrogens with zero attached hydrogens (tertiary/aromatic N) is 1. The molecule has 1 unspecified atom stereocenters. The van der Waals surface area contributed by atoms with Gasteiger partial charge in [0.15, 0.2) is 22.5 Å². The molecule has 41 heavy (non-hydrogen) atoms. The number of rotatable bonds is 13. The van der Waals surface area contributed by atoms with Crippen LogP contribution < -0.4 is 16.3 Å². The first-order valence-corrected chi connectivity index (χ1v) is 15.2. The van der Waals surface area contributed by atoms with E-state index in [0.717, 1.165) is 35.5 Å². The highest BCUT2D eigenvalue weighted by Gasteiger charge is 2.93. The molecular formula is C25H33FN3O10PS. The van der Waals surface area contributed by atoms with Crippen molar-refractivity contribution in [1.29, 1.82) is 0 Å². The van der Waals surface area contributed by atoms with Crippen molar-refractivity contribution in [2.75, 3.05) is 25.6 Å². The number of fused-ring (bicyclic) bond motifs is 1. The minimum atomic E-state index is -4.36. The van der Waals surface area contributed by atoms with Crippen LogP contribution in [-0.4, -0.2) is 78.5 Å². The predicted octanol–water partition coefficient (Wildman–Crippen LogP) is 0.847. The van der Waals surface area contributed by atoms with Crippen LogP contribution in [0.25, 0.3) is 0 Å². The fourth-order valence-corrected chi connectivity index (χ4v) is 7.16. The van der Waals surface area contributed by atoms with Crippen LogP contribution >= 0.6 is 19.5 Å². The van der Waals surface area contributed by atoms with Crippen molar-refractivity contribution in [1.82, 2.24) is 14.6 Å². The summed E-state index contributed by atoms with van der Waals surface area (Å²) < 4.78 is 46.1. The number of ether oxygens (including phenoxy) is 1. The molecule has 1 saturated carbocycles. The van der Waals surface area contributed by atoms with Gasteiger partial charge in [0.25, 0.3) is 5.56 Å². The van der Waals surface area contributed by atoms with Crippen LogP contribution in [-0.2, 0) is 29.7 Å². The van der Waals surface area contributed by atoms with E-state index in [1.807, 2.05) is 4.98 Å². The molecule has 1 aliphatic carbocycles. The van der Waals surface area contributed by atoms with E-state index in [1.54, 1.807) is 44.2 Å². The van der Waals surface area contributed by atoms with Gasteiger partial charge in [-0.3, -0.25) is 28.2 Å². The lowest BCUT2D eigenvalue weighted by Crippen LogP contribution is -2.51. The number of aromatic nitrogens is 2. The maximum absolute atomic E-state index is 14.5. The molecule has 0 spiro atoms. The fraction of sp³-hybridized carbons (Fsp3) is 0.560. The largest absolute Gasteiger partial charge is 0.406 e. The molecule has 1 aromatic heterocycles. The van der Waals surface area contributed by atoms with E-state index in [9.17, 15) is 38.7 Å². The lowest BCUT2D eigenvalue weighted by Gasteiger charge is -2.33. The van der Waals surface area contributed by atoms with Crippen LogP contribution in [0.4, 0.5) is 4.39 Å². The number of carbonyl (C=O) groups is 1. The molecule has 6 atom stereocenters. The van der Waals surface area contributed by atoms with Gasteiger partial charge in [-0.15, -0.1) is 0 Å². The SMILES string of the molecule is CC(C)(CO)C(=O)SCCOP(=O)(NCc1ccccc1)O[C@H]1[C@]2(O)[C@@](C)(O)[C@H](n3ccc(=O)[nH]c3=O)O[C@]12CF. The zero-order valence-corrected chi connectivity index (χ0v) is 24.3. The van der Waals surface area contributed by atoms with Crippen molar-refractivity contribution < 1.29 is 42.9 Å². The van der Waals surface area contributed by atoms with Gasteiger partial charge in [-0.25, -0.2) is 18.8 Å². The van der Waals surface area contributed by atoms with Crippen molar-refractivity contribution >= 4 is 24.6 Å². The molecule has 4 rings (SSSR count). The molecule has 2 aromatic rings. The minimum Gasteiger partial charge on any atom is -0.395 e. The standard InChI is InChI=1S/C25H33FN3O10PS/c1-22(2,15-30)20(32)41-12-11-37-40(36,27-13-16-7-5-4-6-8-16)39-18-24(14-26)25(18,35)23(3,34)19(38-24)29-10-9-17(31)28-21(29)33/h4-10,18-19,30,34-35H,11-15H2,1-3H3,(H,27,36)(H,28,31,33)/t18-,19-,23+,24-,25+,40?/m1/s1. The lowest BCUT2D eigenvalue weighted by atomic mass is 9.94. The molecule has 13 nitrogen and oxygen atoms in total. The van der Waals surface area contributed by atoms with Crippen LogP contribution in [0.15, 0.2) is 52.2 Å². The monoisotopic (exact) mass is 617 g/mol. The van der Waals surface area contributed by atoms with Crippen molar-refractivity contribution in [3.8, 4) is 0 Å². The molecule has 16 heteroatoms. The number of hydrogen-bond acceptors (Lipinski definition) is 11. The number of aliphatic hydroxyl groups excluding tert-OH is 1. The van der Waals surface area contributed by atoms with E-state index in [2.05, 4.69) is 5.09 Å². The number of hydrogen-bond donors (Lipinski definition) is 5. The van der Waals surface area contributed by atoms with E-state index >= 15 is 0 Å². The number of aromatic amines is 1. The summed E-state index contributed by atoms with van der Waals surface area (Å²) in [5, 5.41) is 34.6. The Hall–Kier alpha value is -2.20. The van der Waals surface area contributed by atoms with Crippen LogP contribution in [0.1, 0.15) is 32.6 Å². The zero-order valence-electron chi connectivity index (χ0n) is 22.6. The smallest absolute Gasteiger partial charge is 0.395 e. The number of benzene rings is 1. The maximum atomic E-state index is 14.5. The fourth-order valence-electron chi connectivity index (χ4n) is 4.70. The van der Waals surface area contributed by atoms with Gasteiger partial charge in [0.05, 0.1) is 18.6 Å². The summed E-state index contributed by atoms with van der Waals surface area (Å²) in [7, 11) is -4.36. The van der Waals surface area contributed by atoms with Gasteiger partial charge in [-0.1, -0.05) is 42.1 Å². The number of nitrogens with one attached hydrogen (secondary N) is 2. The van der Waals surface area contributed by atoms with Crippen molar-refractivity contribution in [2.45, 2.75) is 56.5 Å². The molecule has 0 amide bonds. The summed E-state index contributed by atoms with van der Waals surface area (Å²) in [6.07, 6.45) is -2.29. The Morgan fingerprint density at radius 1 is 1.27 bits per heavy atom. The van der Waals surface area contributed by atoms with Gasteiger partial charge in [0.2, 0.25) is 0 Å². The third-order valence-electron chi connectivity index (χ3n) is 7.33. The van der Waals surface area contributed by atoms with Gasteiger partial charge < -0.3 is 20.1 Å². The number of carbonyl (C=O) groups excluding carboxylic acids is 1. The minimum absolute atomic E-state index is 0.0118. The maximum Gasteiger partial charge on any atom is 0.406 e. The van der Waals surface area contributed by atoms with Crippen LogP contribution in [0.2, 0.25) is 0 Å². The second-order valence-corrected chi connectivity index (χ2v) is 13.6. The van der Waals surface area contributed by atoms with Gasteiger partial charge in [-0.2, -0.15) is 0 Å². The van der Waals surface area contributed by atoms with Crippen molar-refractivity contribution in [3.05, 3.63) is 69.0 Å². The summed E-state index contributed by atoms with van der Waals surface area (Å²) >= 11 is 0.857. The number of alkyl halides is 1. The normalized spacial score (nSPS) is 30.5. The highest BCUT2D eigenvalue weighted by atomic mass is 32.2. The van der Waals surface area contributed by atoms with Crippen molar-refractivity contribution in [3.63, 3.8) is 0 Å². The highest BCUT2D eigenvalue weighted by Crippen LogP contribution is 2.71. The third-order valence-corrected chi connectivity index (χ3v) is 10.1. The van der Waals surface area contributed by atoms with Crippen LogP contribution in [0.3, 0.4) is 0 Å². The lowest BCUT2D eigenvalue weighted by molar-refractivity contribution is -0.165. The molecule has 5 N–H and O–H groups in total. The first kappa shape index (κ1) is 31.7. The van der Waals surface area contributed by atoms with E-state index in [4.69, 9.17) is 13.8 Å². The Bertz CT molecular complexity index is 1440. The summed E-state index contributed by atoms with van der Waals surface area (Å²) in [5.41, 5.74) is -9.02. The molecule has 2 aliphatic rings. The second kappa shape index (κ2) is 11.5. The molecule has 0 bridgehead atoms. The zero-order chi connectivity index (χ0) is 30.3. The summed E-state index contributed by atoms with van der Waals surface area (Å²) in [4.78, 5) is 38.1. The molecule has 226 valence electrons. The average Bonchev–Trinajstić information content (AvgIpc) is 3.38. The topological polar surface area (TPSA) is 189 Å². The quantitative estimate of drug-likeness (QED) is 0.158. The Labute approximate surface area is 238 Å². The number of H-pyrrole nitrogens is 1. The first-order valence-electron chi connectivity index (χ1n) is 12.7. The highest BCUT2D eigenvalue weighted by molar-refractivity contribution is 8.13. The van der Waals surface area contributed by atoms with Gasteiger partial charge in [0, 0.05) is 24.6 Å². The molecule has 0 radical (unpaired) electrons. The number of halogens is 1. The molecule has 2 heterocycles. The van der Waals surface area contributed by atoms with Crippen LogP contribution in [0, 0.1) is 5.41 Å². The third kappa shape index (κ3) is 5.63. The Kier molecular flexibility index (Phi) is 8.88. The second-order valence-electron chi connectivity index (χ2n) is 10.7. The van der Waals surface area contributed by atoms with Gasteiger partial charge >= 0.3 is 13.4 Å². The predicted molar refractivity (Wildman–Crippen MR) is 146 cm³/mol. The first-order chi connectivity index (χ1) is 19.2. The van der Waals surface area contributed by atoms with Crippen LogP contribution in [0.5, 0.6) is 0 Å². The van der Waals surface area contributed by atoms with E-state index < -0.39 is 60.2 Å². The summed E-state index contributed by atoms with van der Waals surface area (Å²) in [5.74, 6) is 0.0389. The van der Waals surface area contributed by atoms with E-state index in [1.165, 1.54) is 0 Å². The van der Waals surface area contributed by atoms with E-state index in [0.29, 0.717) is 5.56 Å². The average molecular weight is 618 g/mol. The molecule has 1 saturated heterocycles. The summed E-state index contributed by atoms with van der Waals surface area (Å²) in [6, 6.07) is 9.77. The molecule has 2 fully saturated rings. The Balaban J connectivity index is 1.54. The molecular weight excluding hydrogens is 584 g/mol. The van der Waals surface area contributed by atoms with Gasteiger partial charge in [-0.05, 0) is 26.3 Å². The Morgan fingerprint density at radius 2 is 1.95 bits per heavy atom. The summed E-state index contributed by atoms with van der Waals surface area (Å²) in [6.45, 7) is 2.21. The number of aliphatic hydroxyl groups is 3. The van der Waals surface area contributed by atoms with Crippen molar-refractivity contribution in [2.24, 2.45) is 5.41 Å². The van der Waals surface area contributed by atoms with E-state index in [-0.39, 0.29) is 30.6 Å².